The number of carbonyl (C=O) groups is 1. The molecule has 0 aliphatic carbocycles. The third kappa shape index (κ3) is 8.63. The minimum atomic E-state index is -3.99. The minimum absolute atomic E-state index is 0.124. The molecule has 0 aromatic rings. The summed E-state index contributed by atoms with van der Waals surface area (Å²) in [7, 11) is -3.99. The van der Waals surface area contributed by atoms with Crippen molar-refractivity contribution in [3.63, 3.8) is 0 Å². The minimum Gasteiger partial charge on any atom is -0.459 e. The van der Waals surface area contributed by atoms with Gasteiger partial charge in [0.25, 0.3) is 10.1 Å². The molecule has 16 heavy (non-hydrogen) atoms. The van der Waals surface area contributed by atoms with Gasteiger partial charge in [0.05, 0.1) is 5.75 Å². The Balaban J connectivity index is 3.99. The Bertz CT molecular complexity index is 330. The van der Waals surface area contributed by atoms with Gasteiger partial charge in [-0.25, -0.2) is 0 Å². The molecule has 0 saturated carbocycles. The fraction of sp³-hybridized carbons (Fsp3) is 0.889. The average Bonchev–Trinajstić information content (AvgIpc) is 1.98. The molecule has 0 amide bonds. The molecule has 0 rings (SSSR count). The maximum atomic E-state index is 11.4. The van der Waals surface area contributed by atoms with Crippen LogP contribution in [0.5, 0.6) is 0 Å². The molecular weight excluding hydrogens is 234 g/mol. The van der Waals surface area contributed by atoms with Crippen molar-refractivity contribution in [3.8, 4) is 0 Å². The number of rotatable bonds is 5. The Morgan fingerprint density at radius 1 is 1.44 bits per heavy atom. The summed E-state index contributed by atoms with van der Waals surface area (Å²) < 4.78 is 34.3. The smallest absolute Gasteiger partial charge is 0.323 e. The number of hydrogen-bond acceptors (Lipinski definition) is 5. The van der Waals surface area contributed by atoms with Gasteiger partial charge in [-0.3, -0.25) is 9.35 Å². The van der Waals surface area contributed by atoms with Crippen LogP contribution in [-0.4, -0.2) is 36.3 Å². The van der Waals surface area contributed by atoms with E-state index in [0.717, 1.165) is 0 Å². The van der Waals surface area contributed by atoms with Gasteiger partial charge in [0.1, 0.15) is 11.6 Å². The van der Waals surface area contributed by atoms with Gasteiger partial charge in [-0.05, 0) is 33.6 Å². The van der Waals surface area contributed by atoms with E-state index in [1.807, 2.05) is 0 Å². The second kappa shape index (κ2) is 5.60. The molecule has 0 spiro atoms. The van der Waals surface area contributed by atoms with E-state index < -0.39 is 33.5 Å². The monoisotopic (exact) mass is 253 g/mol. The van der Waals surface area contributed by atoms with Crippen LogP contribution in [0, 0.1) is 0 Å². The third-order valence-corrected chi connectivity index (χ3v) is 2.43. The molecule has 0 aromatic heterocycles. The first-order valence-corrected chi connectivity index (χ1v) is 6.56. The van der Waals surface area contributed by atoms with E-state index in [2.05, 4.69) is 0 Å². The highest BCUT2D eigenvalue weighted by Gasteiger charge is 2.22. The van der Waals surface area contributed by atoms with Crippen molar-refractivity contribution >= 4 is 16.1 Å². The van der Waals surface area contributed by atoms with Crippen LogP contribution in [0.15, 0.2) is 0 Å². The van der Waals surface area contributed by atoms with Gasteiger partial charge in [0.2, 0.25) is 0 Å². The summed E-state index contributed by atoms with van der Waals surface area (Å²) in [6, 6.07) is -0.860. The first-order chi connectivity index (χ1) is 7.01. The molecular formula is C9H19NO5S. The summed E-state index contributed by atoms with van der Waals surface area (Å²) in [5.41, 5.74) is 4.89. The number of hydrogen-bond donors (Lipinski definition) is 2. The summed E-state index contributed by atoms with van der Waals surface area (Å²) in [6.45, 7) is 5.15. The number of nitrogens with two attached hydrogens (primary N) is 1. The van der Waals surface area contributed by atoms with Gasteiger partial charge in [0, 0.05) is 0 Å². The van der Waals surface area contributed by atoms with E-state index in [-0.39, 0.29) is 12.8 Å². The van der Waals surface area contributed by atoms with Crippen LogP contribution in [0.3, 0.4) is 0 Å². The van der Waals surface area contributed by atoms with Crippen molar-refractivity contribution in [3.05, 3.63) is 0 Å². The van der Waals surface area contributed by atoms with Crippen molar-refractivity contribution in [1.82, 2.24) is 0 Å². The van der Waals surface area contributed by atoms with Crippen LogP contribution < -0.4 is 5.73 Å². The Morgan fingerprint density at radius 3 is 2.31 bits per heavy atom. The van der Waals surface area contributed by atoms with Crippen molar-refractivity contribution in [2.45, 2.75) is 45.3 Å². The largest absolute Gasteiger partial charge is 0.459 e. The van der Waals surface area contributed by atoms with E-state index >= 15 is 0 Å². The number of carbonyl (C=O) groups excluding carboxylic acids is 1. The van der Waals surface area contributed by atoms with Crippen molar-refractivity contribution < 1.29 is 22.5 Å². The van der Waals surface area contributed by atoms with Gasteiger partial charge in [-0.2, -0.15) is 8.42 Å². The topological polar surface area (TPSA) is 107 Å². The molecule has 0 heterocycles. The van der Waals surface area contributed by atoms with Crippen molar-refractivity contribution in [1.29, 1.82) is 0 Å². The summed E-state index contributed by atoms with van der Waals surface area (Å²) in [4.78, 5) is 11.4. The Hall–Kier alpha value is -0.660. The molecule has 1 atom stereocenters. The molecule has 0 aliphatic rings. The highest BCUT2D eigenvalue weighted by atomic mass is 32.2. The second-order valence-corrected chi connectivity index (χ2v) is 6.14. The first kappa shape index (κ1) is 15.3. The van der Waals surface area contributed by atoms with Crippen LogP contribution in [0.1, 0.15) is 33.6 Å². The van der Waals surface area contributed by atoms with Gasteiger partial charge in [-0.1, -0.05) is 0 Å². The average molecular weight is 253 g/mol. The molecule has 7 heteroatoms. The number of esters is 1. The fourth-order valence-electron chi connectivity index (χ4n) is 0.981. The molecule has 1 unspecified atom stereocenters. The maximum Gasteiger partial charge on any atom is 0.323 e. The maximum absolute atomic E-state index is 11.4. The molecule has 3 N–H and O–H groups in total. The van der Waals surface area contributed by atoms with E-state index in [1.165, 1.54) is 0 Å². The van der Waals surface area contributed by atoms with Crippen LogP contribution in [-0.2, 0) is 19.6 Å². The SMILES string of the molecule is CC(C)(C)OC(=O)C(N)CCCS(=O)(=O)O. The van der Waals surface area contributed by atoms with Crippen molar-refractivity contribution in [2.24, 2.45) is 5.73 Å². The predicted molar refractivity (Wildman–Crippen MR) is 59.5 cm³/mol. The van der Waals surface area contributed by atoms with Gasteiger partial charge in [0.15, 0.2) is 0 Å². The Morgan fingerprint density at radius 2 is 1.94 bits per heavy atom. The highest BCUT2D eigenvalue weighted by Crippen LogP contribution is 2.09. The summed E-state index contributed by atoms with van der Waals surface area (Å²) >= 11 is 0. The zero-order valence-corrected chi connectivity index (χ0v) is 10.6. The Kier molecular flexibility index (Phi) is 5.37. The normalized spacial score (nSPS) is 14.6. The Labute approximate surface area is 95.9 Å². The van der Waals surface area contributed by atoms with E-state index in [1.54, 1.807) is 20.8 Å². The van der Waals surface area contributed by atoms with Crippen LogP contribution in [0.25, 0.3) is 0 Å². The first-order valence-electron chi connectivity index (χ1n) is 4.95. The van der Waals surface area contributed by atoms with Gasteiger partial charge in [-0.15, -0.1) is 0 Å². The predicted octanol–water partition coefficient (Wildman–Crippen LogP) is 0.323. The molecule has 0 radical (unpaired) electrons. The lowest BCUT2D eigenvalue weighted by atomic mass is 10.1. The van der Waals surface area contributed by atoms with E-state index in [9.17, 15) is 13.2 Å². The standard InChI is InChI=1S/C9H19NO5S/c1-9(2,3)15-8(11)7(10)5-4-6-16(12,13)14/h7H,4-6,10H2,1-3H3,(H,12,13,14). The number of ether oxygens (including phenoxy) is 1. The lowest BCUT2D eigenvalue weighted by molar-refractivity contribution is -0.156. The van der Waals surface area contributed by atoms with Gasteiger partial charge >= 0.3 is 5.97 Å². The van der Waals surface area contributed by atoms with Crippen LogP contribution in [0.2, 0.25) is 0 Å². The van der Waals surface area contributed by atoms with E-state index in [4.69, 9.17) is 15.0 Å². The van der Waals surface area contributed by atoms with Gasteiger partial charge < -0.3 is 10.5 Å². The second-order valence-electron chi connectivity index (χ2n) is 4.57. The zero-order valence-electron chi connectivity index (χ0n) is 9.76. The lowest BCUT2D eigenvalue weighted by Gasteiger charge is -2.22. The van der Waals surface area contributed by atoms with Crippen LogP contribution in [0.4, 0.5) is 0 Å². The summed E-state index contributed by atoms with van der Waals surface area (Å²) in [5, 5.41) is 0. The summed E-state index contributed by atoms with van der Waals surface area (Å²) in [6.07, 6.45) is 0.286. The molecule has 0 aliphatic heterocycles. The molecule has 0 fully saturated rings. The van der Waals surface area contributed by atoms with Crippen LogP contribution >= 0.6 is 0 Å². The molecule has 0 saturated heterocycles. The molecule has 96 valence electrons. The zero-order chi connectivity index (χ0) is 13.0. The molecule has 0 bridgehead atoms. The third-order valence-electron chi connectivity index (χ3n) is 1.63. The fourth-order valence-corrected chi connectivity index (χ4v) is 1.51. The highest BCUT2D eigenvalue weighted by molar-refractivity contribution is 7.85. The van der Waals surface area contributed by atoms with Crippen molar-refractivity contribution in [2.75, 3.05) is 5.75 Å². The summed E-state index contributed by atoms with van der Waals surface area (Å²) in [5.74, 6) is -0.966. The lowest BCUT2D eigenvalue weighted by Crippen LogP contribution is -2.37. The quantitative estimate of drug-likeness (QED) is 0.540. The molecule has 6 nitrogen and oxygen atoms in total. The molecule has 0 aromatic carbocycles. The van der Waals surface area contributed by atoms with E-state index in [0.29, 0.717) is 0 Å².